The second kappa shape index (κ2) is 5.89. The summed E-state index contributed by atoms with van der Waals surface area (Å²) < 4.78 is 6.43. The first-order valence-electron chi connectivity index (χ1n) is 7.99. The molecule has 2 aliphatic rings. The molecule has 1 spiro atoms. The van der Waals surface area contributed by atoms with Gasteiger partial charge in [-0.05, 0) is 20.0 Å². The Balaban J connectivity index is 1.93. The van der Waals surface area contributed by atoms with Crippen LogP contribution in [0.25, 0.3) is 0 Å². The van der Waals surface area contributed by atoms with Crippen LogP contribution in [0.1, 0.15) is 25.3 Å². The lowest BCUT2D eigenvalue weighted by molar-refractivity contribution is -0.136. The minimum Gasteiger partial charge on any atom is -0.485 e. The van der Waals surface area contributed by atoms with E-state index in [1.165, 1.54) is 0 Å². The van der Waals surface area contributed by atoms with Crippen molar-refractivity contribution >= 4 is 5.91 Å². The molecule has 0 aliphatic carbocycles. The quantitative estimate of drug-likeness (QED) is 0.847. The largest absolute Gasteiger partial charge is 0.485 e. The van der Waals surface area contributed by atoms with E-state index in [2.05, 4.69) is 11.9 Å². The van der Waals surface area contributed by atoms with Gasteiger partial charge in [0.2, 0.25) is 5.91 Å². The lowest BCUT2D eigenvalue weighted by Gasteiger charge is -2.42. The molecule has 120 valence electrons. The molecular weight excluding hydrogens is 278 g/mol. The number of piperidine rings is 1. The van der Waals surface area contributed by atoms with Crippen LogP contribution < -0.4 is 10.5 Å². The number of amides is 1. The molecule has 1 saturated heterocycles. The molecule has 5 nitrogen and oxygen atoms in total. The fourth-order valence-electron chi connectivity index (χ4n) is 3.34. The van der Waals surface area contributed by atoms with E-state index in [0.29, 0.717) is 13.1 Å². The van der Waals surface area contributed by atoms with Crippen molar-refractivity contribution in [3.8, 4) is 5.75 Å². The molecule has 2 heterocycles. The molecule has 1 amide bonds. The molecular formula is C17H25N3O2. The molecule has 3 rings (SSSR count). The van der Waals surface area contributed by atoms with Crippen LogP contribution in [-0.2, 0) is 11.3 Å². The standard InChI is InChI=1S/C17H25N3O2/c1-13(18)16(21)20-11-14-5-3-4-6-15(14)22-17(12-20)7-9-19(2)10-8-17/h3-6,13H,7-12,18H2,1-2H3/t13-/m1/s1. The zero-order valence-electron chi connectivity index (χ0n) is 13.4. The Labute approximate surface area is 132 Å². The Kier molecular flexibility index (Phi) is 4.10. The number of carbonyl (C=O) groups excluding carboxylic acids is 1. The van der Waals surface area contributed by atoms with Gasteiger partial charge in [-0.2, -0.15) is 0 Å². The van der Waals surface area contributed by atoms with Crippen LogP contribution in [-0.4, -0.2) is 54.0 Å². The highest BCUT2D eigenvalue weighted by molar-refractivity contribution is 5.81. The van der Waals surface area contributed by atoms with Crippen molar-refractivity contribution < 1.29 is 9.53 Å². The van der Waals surface area contributed by atoms with E-state index in [1.807, 2.05) is 29.2 Å². The maximum absolute atomic E-state index is 12.5. The fraction of sp³-hybridized carbons (Fsp3) is 0.588. The van der Waals surface area contributed by atoms with Crippen LogP contribution >= 0.6 is 0 Å². The van der Waals surface area contributed by atoms with Gasteiger partial charge >= 0.3 is 0 Å². The van der Waals surface area contributed by atoms with Crippen LogP contribution in [0.15, 0.2) is 24.3 Å². The third-order valence-electron chi connectivity index (χ3n) is 4.74. The van der Waals surface area contributed by atoms with Gasteiger partial charge in [0.15, 0.2) is 0 Å². The van der Waals surface area contributed by atoms with Crippen molar-refractivity contribution in [2.24, 2.45) is 5.73 Å². The number of hydrogen-bond donors (Lipinski definition) is 1. The van der Waals surface area contributed by atoms with Crippen molar-refractivity contribution in [3.63, 3.8) is 0 Å². The van der Waals surface area contributed by atoms with Gasteiger partial charge in [0.25, 0.3) is 0 Å². The average molecular weight is 303 g/mol. The molecule has 1 aromatic carbocycles. The number of hydrogen-bond acceptors (Lipinski definition) is 4. The maximum atomic E-state index is 12.5. The van der Waals surface area contributed by atoms with Crippen LogP contribution in [0.2, 0.25) is 0 Å². The van der Waals surface area contributed by atoms with Gasteiger partial charge < -0.3 is 20.3 Å². The Morgan fingerprint density at radius 3 is 2.68 bits per heavy atom. The Bertz CT molecular complexity index is 551. The van der Waals surface area contributed by atoms with Gasteiger partial charge in [-0.15, -0.1) is 0 Å². The number of nitrogens with two attached hydrogens (primary N) is 1. The second-order valence-electron chi connectivity index (χ2n) is 6.68. The Morgan fingerprint density at radius 2 is 2.00 bits per heavy atom. The van der Waals surface area contributed by atoms with E-state index in [-0.39, 0.29) is 11.5 Å². The van der Waals surface area contributed by atoms with Crippen molar-refractivity contribution in [1.82, 2.24) is 9.80 Å². The van der Waals surface area contributed by atoms with Gasteiger partial charge in [0.05, 0.1) is 12.6 Å². The van der Waals surface area contributed by atoms with Crippen LogP contribution in [0.3, 0.4) is 0 Å². The summed E-state index contributed by atoms with van der Waals surface area (Å²) in [5.74, 6) is 0.908. The molecule has 1 aromatic rings. The van der Waals surface area contributed by atoms with E-state index in [0.717, 1.165) is 37.2 Å². The zero-order chi connectivity index (χ0) is 15.7. The molecule has 0 aromatic heterocycles. The van der Waals surface area contributed by atoms with Crippen LogP contribution in [0.5, 0.6) is 5.75 Å². The van der Waals surface area contributed by atoms with Gasteiger partial charge in [-0.1, -0.05) is 18.2 Å². The highest BCUT2D eigenvalue weighted by Crippen LogP contribution is 2.35. The number of benzene rings is 1. The first-order chi connectivity index (χ1) is 10.5. The highest BCUT2D eigenvalue weighted by Gasteiger charge is 2.41. The van der Waals surface area contributed by atoms with Crippen molar-refractivity contribution in [1.29, 1.82) is 0 Å². The monoisotopic (exact) mass is 303 g/mol. The van der Waals surface area contributed by atoms with Crippen molar-refractivity contribution in [2.75, 3.05) is 26.7 Å². The molecule has 0 unspecified atom stereocenters. The molecule has 1 fully saturated rings. The lowest BCUT2D eigenvalue weighted by Crippen LogP contribution is -2.55. The number of fused-ring (bicyclic) bond motifs is 1. The summed E-state index contributed by atoms with van der Waals surface area (Å²) in [7, 11) is 2.13. The number of ether oxygens (including phenoxy) is 1. The second-order valence-corrected chi connectivity index (χ2v) is 6.68. The summed E-state index contributed by atoms with van der Waals surface area (Å²) >= 11 is 0. The Hall–Kier alpha value is -1.59. The predicted molar refractivity (Wildman–Crippen MR) is 85.6 cm³/mol. The Morgan fingerprint density at radius 1 is 1.32 bits per heavy atom. The minimum atomic E-state index is -0.478. The van der Waals surface area contributed by atoms with E-state index >= 15 is 0 Å². The van der Waals surface area contributed by atoms with E-state index in [4.69, 9.17) is 10.5 Å². The summed E-state index contributed by atoms with van der Waals surface area (Å²) in [5.41, 5.74) is 6.61. The lowest BCUT2D eigenvalue weighted by atomic mass is 9.90. The summed E-state index contributed by atoms with van der Waals surface area (Å²) in [5, 5.41) is 0. The van der Waals surface area contributed by atoms with Crippen LogP contribution in [0, 0.1) is 0 Å². The summed E-state index contributed by atoms with van der Waals surface area (Å²) in [6.45, 7) is 4.93. The molecule has 1 atom stereocenters. The molecule has 2 aliphatic heterocycles. The van der Waals surface area contributed by atoms with E-state index in [1.54, 1.807) is 6.92 Å². The summed E-state index contributed by atoms with van der Waals surface area (Å²) in [6.07, 6.45) is 1.86. The molecule has 0 bridgehead atoms. The van der Waals surface area contributed by atoms with Gasteiger partial charge in [-0.25, -0.2) is 0 Å². The molecule has 22 heavy (non-hydrogen) atoms. The number of likely N-dealkylation sites (tertiary alicyclic amines) is 1. The van der Waals surface area contributed by atoms with Gasteiger partial charge in [0.1, 0.15) is 11.4 Å². The van der Waals surface area contributed by atoms with E-state index in [9.17, 15) is 4.79 Å². The predicted octanol–water partition coefficient (Wildman–Crippen LogP) is 1.22. The average Bonchev–Trinajstić information content (AvgIpc) is 2.66. The van der Waals surface area contributed by atoms with Crippen LogP contribution in [0.4, 0.5) is 0 Å². The maximum Gasteiger partial charge on any atom is 0.239 e. The van der Waals surface area contributed by atoms with Crippen molar-refractivity contribution in [3.05, 3.63) is 29.8 Å². The normalized spacial score (nSPS) is 22.6. The zero-order valence-corrected chi connectivity index (χ0v) is 13.4. The number of rotatable bonds is 1. The number of carbonyl (C=O) groups is 1. The third-order valence-corrected chi connectivity index (χ3v) is 4.74. The number of para-hydroxylation sites is 1. The third kappa shape index (κ3) is 2.96. The molecule has 5 heteroatoms. The number of nitrogens with zero attached hydrogens (tertiary/aromatic N) is 2. The summed E-state index contributed by atoms with van der Waals surface area (Å²) in [6, 6.07) is 7.54. The topological polar surface area (TPSA) is 58.8 Å². The first-order valence-corrected chi connectivity index (χ1v) is 7.99. The van der Waals surface area contributed by atoms with Gasteiger partial charge in [-0.3, -0.25) is 4.79 Å². The smallest absolute Gasteiger partial charge is 0.239 e. The first kappa shape index (κ1) is 15.3. The highest BCUT2D eigenvalue weighted by atomic mass is 16.5. The summed E-state index contributed by atoms with van der Waals surface area (Å²) in [4.78, 5) is 16.7. The SMILES string of the molecule is C[C@@H](N)C(=O)N1Cc2ccccc2OC2(CCN(C)CC2)C1. The molecule has 0 saturated carbocycles. The minimum absolute atomic E-state index is 0.00129. The fourth-order valence-corrected chi connectivity index (χ4v) is 3.34. The van der Waals surface area contributed by atoms with Gasteiger partial charge in [0, 0.05) is 38.0 Å². The van der Waals surface area contributed by atoms with E-state index < -0.39 is 6.04 Å². The molecule has 0 radical (unpaired) electrons. The molecule has 2 N–H and O–H groups in total. The van der Waals surface area contributed by atoms with Crippen molar-refractivity contribution in [2.45, 2.75) is 38.0 Å².